The van der Waals surface area contributed by atoms with E-state index in [1.165, 1.54) is 0 Å². The summed E-state index contributed by atoms with van der Waals surface area (Å²) >= 11 is 0. The number of ketones is 1. The molecule has 3 heteroatoms. The number of nitriles is 1. The van der Waals surface area contributed by atoms with Gasteiger partial charge in [-0.25, -0.2) is 0 Å². The predicted octanol–water partition coefficient (Wildman–Crippen LogP) is 2.98. The zero-order chi connectivity index (χ0) is 11.1. The van der Waals surface area contributed by atoms with E-state index >= 15 is 0 Å². The summed E-state index contributed by atoms with van der Waals surface area (Å²) in [5, 5.41) is 8.93. The Balaban J connectivity index is 2.80. The molecule has 0 saturated heterocycles. The molecular weight excluding hydrogens is 190 g/mol. The molecule has 14 heavy (non-hydrogen) atoms. The number of carbonyl (C=O) groups excluding carboxylic acids is 1. The molecular formula is C11H19NOSi. The van der Waals surface area contributed by atoms with Gasteiger partial charge in [-0.3, -0.25) is 4.79 Å². The van der Waals surface area contributed by atoms with Crippen molar-refractivity contribution >= 4 is 13.9 Å². The van der Waals surface area contributed by atoms with Crippen molar-refractivity contribution in [2.75, 3.05) is 0 Å². The fourth-order valence-electron chi connectivity index (χ4n) is 1.84. The molecule has 0 aromatic rings. The van der Waals surface area contributed by atoms with Crippen molar-refractivity contribution in [2.45, 2.75) is 50.9 Å². The zero-order valence-corrected chi connectivity index (χ0v) is 10.7. The number of Topliss-reactive ketones (excluding diaryl/α,β-unsaturated/α-hetero) is 1. The molecule has 1 aliphatic carbocycles. The van der Waals surface area contributed by atoms with Gasteiger partial charge in [0.15, 0.2) is 5.78 Å². The van der Waals surface area contributed by atoms with Crippen molar-refractivity contribution in [1.29, 1.82) is 5.26 Å². The van der Waals surface area contributed by atoms with Gasteiger partial charge in [-0.1, -0.05) is 33.9 Å². The summed E-state index contributed by atoms with van der Waals surface area (Å²) in [4.78, 5) is 11.7. The second-order valence-corrected chi connectivity index (χ2v) is 11.5. The molecule has 0 aromatic heterocycles. The summed E-state index contributed by atoms with van der Waals surface area (Å²) in [5.41, 5.74) is 0.215. The van der Waals surface area contributed by atoms with E-state index in [0.29, 0.717) is 0 Å². The lowest BCUT2D eigenvalue weighted by atomic mass is 9.84. The number of hydrogen-bond acceptors (Lipinski definition) is 2. The fraction of sp³-hybridized carbons (Fsp3) is 0.818. The van der Waals surface area contributed by atoms with Crippen LogP contribution in [0.4, 0.5) is 0 Å². The quantitative estimate of drug-likeness (QED) is 0.623. The number of rotatable bonds is 1. The van der Waals surface area contributed by atoms with Gasteiger partial charge >= 0.3 is 0 Å². The van der Waals surface area contributed by atoms with E-state index in [1.807, 2.05) is 0 Å². The van der Waals surface area contributed by atoms with Gasteiger partial charge in [0.1, 0.15) is 5.92 Å². The van der Waals surface area contributed by atoms with Gasteiger partial charge in [0.05, 0.1) is 14.1 Å². The molecule has 1 fully saturated rings. The molecule has 78 valence electrons. The maximum atomic E-state index is 11.7. The van der Waals surface area contributed by atoms with E-state index in [-0.39, 0.29) is 22.3 Å². The van der Waals surface area contributed by atoms with E-state index in [2.05, 4.69) is 39.9 Å². The Kier molecular flexibility index (Phi) is 2.62. The minimum Gasteiger partial charge on any atom is -0.298 e. The van der Waals surface area contributed by atoms with Crippen LogP contribution >= 0.6 is 0 Å². The van der Waals surface area contributed by atoms with Gasteiger partial charge in [-0.05, 0) is 11.5 Å². The summed E-state index contributed by atoms with van der Waals surface area (Å²) in [6, 6.07) is 2.08. The second kappa shape index (κ2) is 3.20. The maximum Gasteiger partial charge on any atom is 0.150 e. The maximum absolute atomic E-state index is 11.7. The first-order valence-corrected chi connectivity index (χ1v) is 8.23. The Morgan fingerprint density at radius 1 is 1.43 bits per heavy atom. The number of carbonyl (C=O) groups is 1. The Bertz CT molecular complexity index is 295. The van der Waals surface area contributed by atoms with Crippen LogP contribution in [-0.2, 0) is 4.79 Å². The fourth-order valence-corrected chi connectivity index (χ4v) is 4.62. The lowest BCUT2D eigenvalue weighted by molar-refractivity contribution is -0.127. The standard InChI is InChI=1S/C11H19NOSi/c1-11(2,3)14(4,5)9-6-8(7-12)10(9)13/h8-9H,6H2,1-5H3. The molecule has 2 nitrogen and oxygen atoms in total. The molecule has 0 aliphatic heterocycles. The third-order valence-electron chi connectivity index (χ3n) is 4.12. The normalized spacial score (nSPS) is 28.1. The molecule has 0 aromatic carbocycles. The summed E-state index contributed by atoms with van der Waals surface area (Å²) in [6.07, 6.45) is 0.811. The summed E-state index contributed by atoms with van der Waals surface area (Å²) < 4.78 is 0. The smallest absolute Gasteiger partial charge is 0.150 e. The van der Waals surface area contributed by atoms with Crippen molar-refractivity contribution in [3.05, 3.63) is 0 Å². The first-order chi connectivity index (χ1) is 6.21. The van der Waals surface area contributed by atoms with E-state index < -0.39 is 8.07 Å². The van der Waals surface area contributed by atoms with Gasteiger partial charge in [0.2, 0.25) is 0 Å². The van der Waals surface area contributed by atoms with Crippen LogP contribution in [0, 0.1) is 17.2 Å². The van der Waals surface area contributed by atoms with Crippen LogP contribution in [0.15, 0.2) is 0 Å². The molecule has 0 radical (unpaired) electrons. The topological polar surface area (TPSA) is 40.9 Å². The van der Waals surface area contributed by atoms with Crippen molar-refractivity contribution in [2.24, 2.45) is 5.92 Å². The molecule has 1 rings (SSSR count). The molecule has 2 atom stereocenters. The van der Waals surface area contributed by atoms with Crippen molar-refractivity contribution in [3.8, 4) is 6.07 Å². The molecule has 1 aliphatic rings. The molecule has 0 bridgehead atoms. The highest BCUT2D eigenvalue weighted by atomic mass is 28.3. The summed E-state index contributed by atoms with van der Waals surface area (Å²) in [5.74, 6) is -0.0896. The highest BCUT2D eigenvalue weighted by Gasteiger charge is 2.53. The first-order valence-electron chi connectivity index (χ1n) is 5.15. The van der Waals surface area contributed by atoms with Crippen LogP contribution in [0.3, 0.4) is 0 Å². The second-order valence-electron chi connectivity index (χ2n) is 5.84. The third-order valence-corrected chi connectivity index (χ3v) is 10.2. The summed E-state index contributed by atoms with van der Waals surface area (Å²) in [7, 11) is -1.54. The third kappa shape index (κ3) is 1.52. The Hall–Kier alpha value is -0.623. The highest BCUT2D eigenvalue weighted by Crippen LogP contribution is 2.51. The van der Waals surface area contributed by atoms with E-state index in [0.717, 1.165) is 6.42 Å². The van der Waals surface area contributed by atoms with Gasteiger partial charge in [-0.15, -0.1) is 0 Å². The minimum atomic E-state index is -1.54. The molecule has 0 heterocycles. The molecule has 0 spiro atoms. The van der Waals surface area contributed by atoms with E-state index in [9.17, 15) is 4.79 Å². The largest absolute Gasteiger partial charge is 0.298 e. The monoisotopic (exact) mass is 209 g/mol. The van der Waals surface area contributed by atoms with Gasteiger partial charge < -0.3 is 0 Å². The SMILES string of the molecule is CC(C)(C)[Si](C)(C)C1CC(C#N)C1=O. The van der Waals surface area contributed by atoms with Crippen LogP contribution in [0.1, 0.15) is 27.2 Å². The van der Waals surface area contributed by atoms with Crippen molar-refractivity contribution in [3.63, 3.8) is 0 Å². The Labute approximate surface area is 87.3 Å². The lowest BCUT2D eigenvalue weighted by Crippen LogP contribution is -2.52. The lowest BCUT2D eigenvalue weighted by Gasteiger charge is -2.47. The first kappa shape index (κ1) is 11.5. The summed E-state index contributed by atoms with van der Waals surface area (Å²) in [6.45, 7) is 11.2. The van der Waals surface area contributed by atoms with E-state index in [4.69, 9.17) is 5.26 Å². The van der Waals surface area contributed by atoms with Crippen LogP contribution < -0.4 is 0 Å². The van der Waals surface area contributed by atoms with E-state index in [1.54, 1.807) is 0 Å². The van der Waals surface area contributed by atoms with Gasteiger partial charge in [-0.2, -0.15) is 5.26 Å². The van der Waals surface area contributed by atoms with Crippen LogP contribution in [0.5, 0.6) is 0 Å². The van der Waals surface area contributed by atoms with Crippen molar-refractivity contribution < 1.29 is 4.79 Å². The Morgan fingerprint density at radius 3 is 2.21 bits per heavy atom. The van der Waals surface area contributed by atoms with Crippen LogP contribution in [0.2, 0.25) is 23.7 Å². The zero-order valence-electron chi connectivity index (χ0n) is 9.72. The Morgan fingerprint density at radius 2 is 1.93 bits per heavy atom. The van der Waals surface area contributed by atoms with Gasteiger partial charge in [0, 0.05) is 5.54 Å². The molecule has 2 unspecified atom stereocenters. The van der Waals surface area contributed by atoms with Crippen LogP contribution in [-0.4, -0.2) is 13.9 Å². The average molecular weight is 209 g/mol. The number of nitrogens with zero attached hydrogens (tertiary/aromatic N) is 1. The predicted molar refractivity (Wildman–Crippen MR) is 59.7 cm³/mol. The minimum absolute atomic E-state index is 0.207. The number of hydrogen-bond donors (Lipinski definition) is 0. The van der Waals surface area contributed by atoms with Gasteiger partial charge in [0.25, 0.3) is 0 Å². The molecule has 1 saturated carbocycles. The average Bonchev–Trinajstić information content (AvgIpc) is 2.00. The molecule has 0 N–H and O–H groups in total. The van der Waals surface area contributed by atoms with Crippen LogP contribution in [0.25, 0.3) is 0 Å². The van der Waals surface area contributed by atoms with Crippen molar-refractivity contribution in [1.82, 2.24) is 0 Å². The highest BCUT2D eigenvalue weighted by molar-refractivity contribution is 6.84. The molecule has 0 amide bonds.